The molecule has 122 valence electrons. The van der Waals surface area contributed by atoms with Gasteiger partial charge < -0.3 is 15.8 Å². The Balaban J connectivity index is 1.72. The maximum Gasteiger partial charge on any atom is 0.224 e. The van der Waals surface area contributed by atoms with Crippen molar-refractivity contribution in [3.63, 3.8) is 0 Å². The number of halogens is 1. The molecule has 0 bridgehead atoms. The molecule has 1 aliphatic heterocycles. The van der Waals surface area contributed by atoms with Crippen LogP contribution < -0.4 is 11.1 Å². The van der Waals surface area contributed by atoms with Crippen molar-refractivity contribution in [2.45, 2.75) is 38.9 Å². The molecule has 0 aromatic heterocycles. The van der Waals surface area contributed by atoms with E-state index in [1.54, 1.807) is 0 Å². The van der Waals surface area contributed by atoms with Gasteiger partial charge in [0.2, 0.25) is 5.91 Å². The van der Waals surface area contributed by atoms with Crippen molar-refractivity contribution in [3.05, 3.63) is 24.0 Å². The van der Waals surface area contributed by atoms with Gasteiger partial charge >= 0.3 is 0 Å². The van der Waals surface area contributed by atoms with E-state index >= 15 is 0 Å². The first-order valence-electron chi connectivity index (χ1n) is 7.66. The second-order valence-electron chi connectivity index (χ2n) is 5.90. The lowest BCUT2D eigenvalue weighted by Gasteiger charge is -2.35. The molecular formula is C16H24FN3O2. The Labute approximate surface area is 130 Å². The molecule has 1 fully saturated rings. The summed E-state index contributed by atoms with van der Waals surface area (Å²) in [6.45, 7) is 6.81. The third kappa shape index (κ3) is 4.96. The van der Waals surface area contributed by atoms with Gasteiger partial charge in [-0.1, -0.05) is 0 Å². The Hall–Kier alpha value is -1.66. The SMILES string of the molecule is CC1CN(CCCC(=O)Nc2ccc(F)c(N)c2)CC(C)O1. The number of hydrogen-bond acceptors (Lipinski definition) is 4. The van der Waals surface area contributed by atoms with Crippen molar-refractivity contribution < 1.29 is 13.9 Å². The number of rotatable bonds is 5. The highest BCUT2D eigenvalue weighted by molar-refractivity contribution is 5.91. The van der Waals surface area contributed by atoms with Gasteiger partial charge in [0.25, 0.3) is 0 Å². The highest BCUT2D eigenvalue weighted by Gasteiger charge is 2.21. The fraction of sp³-hybridized carbons (Fsp3) is 0.562. The quantitative estimate of drug-likeness (QED) is 0.819. The number of anilines is 2. The molecule has 0 spiro atoms. The number of ether oxygens (including phenoxy) is 1. The van der Waals surface area contributed by atoms with Gasteiger partial charge in [-0.05, 0) is 45.0 Å². The molecule has 1 saturated heterocycles. The van der Waals surface area contributed by atoms with Crippen LogP contribution in [0.25, 0.3) is 0 Å². The summed E-state index contributed by atoms with van der Waals surface area (Å²) in [5.41, 5.74) is 6.04. The first-order valence-corrected chi connectivity index (χ1v) is 7.66. The largest absolute Gasteiger partial charge is 0.396 e. The highest BCUT2D eigenvalue weighted by Crippen LogP contribution is 2.17. The van der Waals surface area contributed by atoms with Crippen LogP contribution in [0.15, 0.2) is 18.2 Å². The third-order valence-corrected chi connectivity index (χ3v) is 3.65. The zero-order chi connectivity index (χ0) is 16.1. The van der Waals surface area contributed by atoms with E-state index in [2.05, 4.69) is 24.1 Å². The molecule has 5 nitrogen and oxygen atoms in total. The Bertz CT molecular complexity index is 514. The number of carbonyl (C=O) groups excluding carboxylic acids is 1. The lowest BCUT2D eigenvalue weighted by Crippen LogP contribution is -2.45. The molecule has 0 aliphatic carbocycles. The van der Waals surface area contributed by atoms with Crippen LogP contribution >= 0.6 is 0 Å². The van der Waals surface area contributed by atoms with Crippen molar-refractivity contribution in [2.75, 3.05) is 30.7 Å². The van der Waals surface area contributed by atoms with Crippen molar-refractivity contribution in [2.24, 2.45) is 0 Å². The Morgan fingerprint density at radius 2 is 2.09 bits per heavy atom. The van der Waals surface area contributed by atoms with Crippen LogP contribution in [0.2, 0.25) is 0 Å². The number of carbonyl (C=O) groups is 1. The molecule has 2 unspecified atom stereocenters. The maximum absolute atomic E-state index is 13.1. The van der Waals surface area contributed by atoms with Gasteiger partial charge in [-0.2, -0.15) is 0 Å². The van der Waals surface area contributed by atoms with Gasteiger partial charge in [0.1, 0.15) is 5.82 Å². The molecule has 22 heavy (non-hydrogen) atoms. The zero-order valence-corrected chi connectivity index (χ0v) is 13.1. The predicted octanol–water partition coefficient (Wildman–Crippen LogP) is 2.24. The van der Waals surface area contributed by atoms with Crippen LogP contribution in [0.5, 0.6) is 0 Å². The molecule has 1 aromatic carbocycles. The summed E-state index contributed by atoms with van der Waals surface area (Å²) in [5.74, 6) is -0.561. The minimum atomic E-state index is -0.478. The molecule has 1 aromatic rings. The number of morpholine rings is 1. The lowest BCUT2D eigenvalue weighted by atomic mass is 10.2. The molecule has 3 N–H and O–H groups in total. The molecule has 2 rings (SSSR count). The maximum atomic E-state index is 13.1. The Morgan fingerprint density at radius 3 is 2.73 bits per heavy atom. The van der Waals surface area contributed by atoms with Crippen molar-refractivity contribution in [1.82, 2.24) is 4.90 Å². The smallest absolute Gasteiger partial charge is 0.224 e. The summed E-state index contributed by atoms with van der Waals surface area (Å²) in [7, 11) is 0. The van der Waals surface area contributed by atoms with Crippen LogP contribution in [0.4, 0.5) is 15.8 Å². The number of nitrogen functional groups attached to an aromatic ring is 1. The molecule has 6 heteroatoms. The summed E-state index contributed by atoms with van der Waals surface area (Å²) in [5, 5.41) is 2.74. The fourth-order valence-electron chi connectivity index (χ4n) is 2.78. The molecule has 2 atom stereocenters. The van der Waals surface area contributed by atoms with Crippen molar-refractivity contribution >= 4 is 17.3 Å². The van der Waals surface area contributed by atoms with Crippen LogP contribution in [0, 0.1) is 5.82 Å². The first kappa shape index (κ1) is 16.7. The fourth-order valence-corrected chi connectivity index (χ4v) is 2.78. The van der Waals surface area contributed by atoms with Gasteiger partial charge in [-0.25, -0.2) is 4.39 Å². The minimum absolute atomic E-state index is 0.0362. The number of amides is 1. The average Bonchev–Trinajstić information content (AvgIpc) is 2.42. The number of hydrogen-bond donors (Lipinski definition) is 2. The van der Waals surface area contributed by atoms with E-state index in [0.29, 0.717) is 12.1 Å². The molecular weight excluding hydrogens is 285 g/mol. The number of nitrogens with two attached hydrogens (primary N) is 1. The normalized spacial score (nSPS) is 22.5. The van der Waals surface area contributed by atoms with E-state index in [9.17, 15) is 9.18 Å². The first-order chi connectivity index (χ1) is 10.4. The predicted molar refractivity (Wildman–Crippen MR) is 85.1 cm³/mol. The van der Waals surface area contributed by atoms with E-state index in [1.807, 2.05) is 0 Å². The van der Waals surface area contributed by atoms with E-state index in [1.165, 1.54) is 18.2 Å². The van der Waals surface area contributed by atoms with E-state index in [0.717, 1.165) is 26.1 Å². The van der Waals surface area contributed by atoms with Crippen molar-refractivity contribution in [3.8, 4) is 0 Å². The topological polar surface area (TPSA) is 67.6 Å². The summed E-state index contributed by atoms with van der Waals surface area (Å²) in [4.78, 5) is 14.2. The van der Waals surface area contributed by atoms with Gasteiger partial charge in [-0.15, -0.1) is 0 Å². The number of benzene rings is 1. The third-order valence-electron chi connectivity index (χ3n) is 3.65. The van der Waals surface area contributed by atoms with E-state index in [-0.39, 0.29) is 23.8 Å². The number of nitrogens with zero attached hydrogens (tertiary/aromatic N) is 1. The lowest BCUT2D eigenvalue weighted by molar-refractivity contribution is -0.116. The Kier molecular flexibility index (Phi) is 5.74. The number of nitrogens with one attached hydrogen (secondary N) is 1. The second kappa shape index (κ2) is 7.56. The second-order valence-corrected chi connectivity index (χ2v) is 5.90. The molecule has 1 aliphatic rings. The van der Waals surface area contributed by atoms with Gasteiger partial charge in [0.15, 0.2) is 0 Å². The molecule has 0 saturated carbocycles. The van der Waals surface area contributed by atoms with Crippen LogP contribution in [-0.4, -0.2) is 42.6 Å². The van der Waals surface area contributed by atoms with Crippen LogP contribution in [0.1, 0.15) is 26.7 Å². The van der Waals surface area contributed by atoms with Gasteiger partial charge in [0.05, 0.1) is 17.9 Å². The molecule has 0 radical (unpaired) electrons. The molecule has 1 amide bonds. The van der Waals surface area contributed by atoms with E-state index in [4.69, 9.17) is 10.5 Å². The van der Waals surface area contributed by atoms with Gasteiger partial charge in [-0.3, -0.25) is 9.69 Å². The zero-order valence-electron chi connectivity index (χ0n) is 13.1. The average molecular weight is 309 g/mol. The van der Waals surface area contributed by atoms with Crippen LogP contribution in [-0.2, 0) is 9.53 Å². The summed E-state index contributed by atoms with van der Waals surface area (Å²) in [6.07, 6.45) is 1.68. The Morgan fingerprint density at radius 1 is 1.41 bits per heavy atom. The van der Waals surface area contributed by atoms with Crippen LogP contribution in [0.3, 0.4) is 0 Å². The molecule has 1 heterocycles. The summed E-state index contributed by atoms with van der Waals surface area (Å²) >= 11 is 0. The van der Waals surface area contributed by atoms with Crippen molar-refractivity contribution in [1.29, 1.82) is 0 Å². The summed E-state index contributed by atoms with van der Waals surface area (Å²) < 4.78 is 18.7. The van der Waals surface area contributed by atoms with E-state index < -0.39 is 5.82 Å². The minimum Gasteiger partial charge on any atom is -0.396 e. The van der Waals surface area contributed by atoms with Gasteiger partial charge in [0, 0.05) is 25.2 Å². The summed E-state index contributed by atoms with van der Waals surface area (Å²) in [6, 6.07) is 4.19. The monoisotopic (exact) mass is 309 g/mol. The standard InChI is InChI=1S/C16H24FN3O2/c1-11-9-20(10-12(2)22-11)7-3-4-16(21)19-13-5-6-14(17)15(18)8-13/h5-6,8,11-12H,3-4,7,9-10,18H2,1-2H3,(H,19,21). The highest BCUT2D eigenvalue weighted by atomic mass is 19.1.